The number of alkyl carbamates (subject to hydrolysis) is 1. The van der Waals surface area contributed by atoms with Gasteiger partial charge in [0.15, 0.2) is 0 Å². The third kappa shape index (κ3) is 16.8. The summed E-state index contributed by atoms with van der Waals surface area (Å²) in [4.78, 5) is 21.8. The van der Waals surface area contributed by atoms with Crippen LogP contribution in [0.3, 0.4) is 0 Å². The molecule has 0 heterocycles. The molecular formula is C18H29ClN2O4. The normalized spacial score (nSPS) is 11.7. The summed E-state index contributed by atoms with van der Waals surface area (Å²) in [7, 11) is 0. The van der Waals surface area contributed by atoms with Crippen LogP contribution in [0.2, 0.25) is 0 Å². The standard InChI is InChI=1S/C14H20N2O4.C4H9Cl/c15-12(13(17)18)8-4-5-9-16-14(19)20-10-11-6-2-1-3-7-11;1-4(2,3)5/h1-3,6-7,12H,4-5,8-10,15H2,(H,16,19)(H,17,18);1-3H3. The van der Waals surface area contributed by atoms with Gasteiger partial charge in [-0.3, -0.25) is 4.79 Å². The molecule has 1 amide bonds. The molecule has 1 aromatic carbocycles. The highest BCUT2D eigenvalue weighted by Crippen LogP contribution is 2.08. The number of amides is 1. The van der Waals surface area contributed by atoms with Gasteiger partial charge in [-0.2, -0.15) is 0 Å². The smallest absolute Gasteiger partial charge is 0.407 e. The Bertz CT molecular complexity index is 498. The van der Waals surface area contributed by atoms with Crippen LogP contribution >= 0.6 is 11.6 Å². The first kappa shape index (κ1) is 23.2. The lowest BCUT2D eigenvalue weighted by molar-refractivity contribution is -0.138. The molecule has 142 valence electrons. The van der Waals surface area contributed by atoms with E-state index in [9.17, 15) is 9.59 Å². The van der Waals surface area contributed by atoms with Gasteiger partial charge in [0.25, 0.3) is 0 Å². The maximum Gasteiger partial charge on any atom is 0.407 e. The summed E-state index contributed by atoms with van der Waals surface area (Å²) in [5.74, 6) is -1.000. The predicted octanol–water partition coefficient (Wildman–Crippen LogP) is 3.52. The van der Waals surface area contributed by atoms with Crippen LogP contribution in [0.25, 0.3) is 0 Å². The quantitative estimate of drug-likeness (QED) is 0.478. The zero-order chi connectivity index (χ0) is 19.3. The summed E-state index contributed by atoms with van der Waals surface area (Å²) in [6.45, 7) is 6.54. The molecule has 1 atom stereocenters. The van der Waals surface area contributed by atoms with E-state index in [1.807, 2.05) is 51.1 Å². The Morgan fingerprint density at radius 1 is 1.24 bits per heavy atom. The fourth-order valence-corrected chi connectivity index (χ4v) is 1.58. The Kier molecular flexibility index (Phi) is 11.7. The number of alkyl halides is 1. The molecule has 0 aliphatic heterocycles. The van der Waals surface area contributed by atoms with Gasteiger partial charge in [-0.15, -0.1) is 11.6 Å². The lowest BCUT2D eigenvalue weighted by Gasteiger charge is -2.08. The minimum atomic E-state index is -1.000. The van der Waals surface area contributed by atoms with Crippen molar-refractivity contribution >= 4 is 23.7 Å². The number of carboxylic acid groups (broad SMARTS) is 1. The fourth-order valence-electron chi connectivity index (χ4n) is 1.58. The maximum atomic E-state index is 11.4. The molecule has 0 bridgehead atoms. The number of hydrogen-bond donors (Lipinski definition) is 3. The van der Waals surface area contributed by atoms with Crippen LogP contribution in [0, 0.1) is 0 Å². The summed E-state index contributed by atoms with van der Waals surface area (Å²) in [5.41, 5.74) is 6.29. The molecule has 0 aliphatic rings. The van der Waals surface area contributed by atoms with E-state index in [2.05, 4.69) is 5.32 Å². The van der Waals surface area contributed by atoms with Gasteiger partial charge >= 0.3 is 12.1 Å². The number of benzene rings is 1. The second-order valence-electron chi connectivity index (χ2n) is 6.50. The SMILES string of the molecule is CC(C)(C)Cl.NC(CCCCNC(=O)OCc1ccccc1)C(=O)O. The molecule has 0 aliphatic carbocycles. The van der Waals surface area contributed by atoms with Crippen LogP contribution in [0.1, 0.15) is 45.6 Å². The van der Waals surface area contributed by atoms with Crippen LogP contribution in [-0.2, 0) is 16.1 Å². The summed E-state index contributed by atoms with van der Waals surface area (Å²) >= 11 is 5.53. The van der Waals surface area contributed by atoms with Crippen molar-refractivity contribution in [2.75, 3.05) is 6.54 Å². The van der Waals surface area contributed by atoms with E-state index >= 15 is 0 Å². The van der Waals surface area contributed by atoms with E-state index in [-0.39, 0.29) is 11.5 Å². The van der Waals surface area contributed by atoms with E-state index in [0.29, 0.717) is 25.8 Å². The number of carbonyl (C=O) groups is 2. The van der Waals surface area contributed by atoms with Crippen LogP contribution < -0.4 is 11.1 Å². The van der Waals surface area contributed by atoms with Crippen molar-refractivity contribution in [3.63, 3.8) is 0 Å². The van der Waals surface area contributed by atoms with Crippen molar-refractivity contribution in [2.24, 2.45) is 5.73 Å². The number of nitrogens with two attached hydrogens (primary N) is 1. The molecule has 0 spiro atoms. The molecule has 1 unspecified atom stereocenters. The molecule has 0 saturated carbocycles. The van der Waals surface area contributed by atoms with Crippen LogP contribution in [0.4, 0.5) is 4.79 Å². The van der Waals surface area contributed by atoms with Crippen molar-refractivity contribution < 1.29 is 19.4 Å². The lowest BCUT2D eigenvalue weighted by Crippen LogP contribution is -2.30. The number of carboxylic acids is 1. The maximum absolute atomic E-state index is 11.4. The first-order chi connectivity index (χ1) is 11.6. The van der Waals surface area contributed by atoms with E-state index in [0.717, 1.165) is 5.56 Å². The Morgan fingerprint density at radius 2 is 1.80 bits per heavy atom. The highest BCUT2D eigenvalue weighted by Gasteiger charge is 2.10. The summed E-state index contributed by atoms with van der Waals surface area (Å²) in [6.07, 6.45) is 1.24. The van der Waals surface area contributed by atoms with Crippen molar-refractivity contribution in [2.45, 2.75) is 57.6 Å². The molecule has 1 rings (SSSR count). The second-order valence-corrected chi connectivity index (χ2v) is 7.63. The van der Waals surface area contributed by atoms with Gasteiger partial charge in [0.05, 0.1) is 0 Å². The Labute approximate surface area is 154 Å². The van der Waals surface area contributed by atoms with Crippen LogP contribution in [0.15, 0.2) is 30.3 Å². The number of hydrogen-bond acceptors (Lipinski definition) is 4. The van der Waals surface area contributed by atoms with Gasteiger partial charge in [0, 0.05) is 11.4 Å². The minimum Gasteiger partial charge on any atom is -0.480 e. The second kappa shape index (κ2) is 12.6. The number of aliphatic carboxylic acids is 1. The molecule has 0 aromatic heterocycles. The lowest BCUT2D eigenvalue weighted by atomic mass is 10.1. The molecular weight excluding hydrogens is 344 g/mol. The van der Waals surface area contributed by atoms with Gasteiger partial charge in [-0.25, -0.2) is 4.79 Å². The molecule has 6 nitrogen and oxygen atoms in total. The largest absolute Gasteiger partial charge is 0.480 e. The third-order valence-corrected chi connectivity index (χ3v) is 2.74. The average Bonchev–Trinajstić information content (AvgIpc) is 2.51. The Balaban J connectivity index is 0.00000101. The van der Waals surface area contributed by atoms with Crippen molar-refractivity contribution in [1.29, 1.82) is 0 Å². The van der Waals surface area contributed by atoms with E-state index in [1.54, 1.807) is 0 Å². The van der Waals surface area contributed by atoms with E-state index in [1.165, 1.54) is 0 Å². The minimum absolute atomic E-state index is 0.0278. The van der Waals surface area contributed by atoms with E-state index in [4.69, 9.17) is 27.2 Å². The average molecular weight is 373 g/mol. The van der Waals surface area contributed by atoms with Gasteiger partial charge in [0.1, 0.15) is 12.6 Å². The zero-order valence-corrected chi connectivity index (χ0v) is 15.9. The Hall–Kier alpha value is -1.79. The molecule has 7 heteroatoms. The number of unbranched alkanes of at least 4 members (excludes halogenated alkanes) is 1. The number of ether oxygens (including phenoxy) is 1. The highest BCUT2D eigenvalue weighted by molar-refractivity contribution is 6.23. The Morgan fingerprint density at radius 3 is 2.32 bits per heavy atom. The van der Waals surface area contributed by atoms with Gasteiger partial charge in [-0.05, 0) is 45.6 Å². The van der Waals surface area contributed by atoms with Gasteiger partial charge in [-0.1, -0.05) is 30.3 Å². The highest BCUT2D eigenvalue weighted by atomic mass is 35.5. The molecule has 0 fully saturated rings. The first-order valence-electron chi connectivity index (χ1n) is 8.21. The van der Waals surface area contributed by atoms with Crippen molar-refractivity contribution in [1.82, 2.24) is 5.32 Å². The summed E-state index contributed by atoms with van der Waals surface area (Å²) in [6, 6.07) is 8.57. The topological polar surface area (TPSA) is 102 Å². The number of carbonyl (C=O) groups excluding carboxylic acids is 1. The molecule has 0 saturated heterocycles. The monoisotopic (exact) mass is 372 g/mol. The molecule has 25 heavy (non-hydrogen) atoms. The zero-order valence-electron chi connectivity index (χ0n) is 15.1. The molecule has 0 radical (unpaired) electrons. The van der Waals surface area contributed by atoms with Crippen LogP contribution in [0.5, 0.6) is 0 Å². The van der Waals surface area contributed by atoms with E-state index < -0.39 is 18.1 Å². The summed E-state index contributed by atoms with van der Waals surface area (Å²) < 4.78 is 5.03. The fraction of sp³-hybridized carbons (Fsp3) is 0.556. The third-order valence-electron chi connectivity index (χ3n) is 2.74. The van der Waals surface area contributed by atoms with Gasteiger partial charge < -0.3 is 20.9 Å². The van der Waals surface area contributed by atoms with Gasteiger partial charge in [0.2, 0.25) is 0 Å². The van der Waals surface area contributed by atoms with Crippen LogP contribution in [-0.4, -0.2) is 34.6 Å². The molecule has 1 aromatic rings. The molecule has 4 N–H and O–H groups in total. The predicted molar refractivity (Wildman–Crippen MR) is 99.7 cm³/mol. The number of nitrogens with one attached hydrogen (secondary N) is 1. The number of rotatable bonds is 8. The number of halogens is 1. The summed E-state index contributed by atoms with van der Waals surface area (Å²) in [5, 5.41) is 11.2. The first-order valence-corrected chi connectivity index (χ1v) is 8.59. The van der Waals surface area contributed by atoms with Crippen molar-refractivity contribution in [3.8, 4) is 0 Å². The van der Waals surface area contributed by atoms with Crippen molar-refractivity contribution in [3.05, 3.63) is 35.9 Å².